The third-order valence-corrected chi connectivity index (χ3v) is 5.46. The molecule has 0 aliphatic heterocycles. The molecule has 1 aromatic heterocycles. The number of nitrogens with one attached hydrogen (secondary N) is 2. The summed E-state index contributed by atoms with van der Waals surface area (Å²) in [6.45, 7) is 1.44. The summed E-state index contributed by atoms with van der Waals surface area (Å²) < 4.78 is 13.8. The number of thiazole rings is 1. The molecule has 8 heteroatoms. The zero-order valence-electron chi connectivity index (χ0n) is 14.4. The van der Waals surface area contributed by atoms with Gasteiger partial charge in [0, 0.05) is 29.2 Å². The number of hydrogen-bond donors (Lipinski definition) is 2. The van der Waals surface area contributed by atoms with E-state index in [-0.39, 0.29) is 23.4 Å². The van der Waals surface area contributed by atoms with Gasteiger partial charge in [-0.2, -0.15) is 0 Å². The minimum atomic E-state index is -0.287. The Bertz CT molecular complexity index is 940. The van der Waals surface area contributed by atoms with Crippen LogP contribution < -0.4 is 10.6 Å². The van der Waals surface area contributed by atoms with Crippen molar-refractivity contribution in [1.29, 1.82) is 0 Å². The molecule has 0 aliphatic rings. The van der Waals surface area contributed by atoms with Crippen LogP contribution in [0.15, 0.2) is 58.3 Å². The quantitative estimate of drug-likeness (QED) is 0.591. The van der Waals surface area contributed by atoms with E-state index < -0.39 is 0 Å². The van der Waals surface area contributed by atoms with Crippen LogP contribution in [0.25, 0.3) is 11.3 Å². The number of carbonyl (C=O) groups is 2. The highest BCUT2D eigenvalue weighted by molar-refractivity contribution is 8.01. The van der Waals surface area contributed by atoms with E-state index in [9.17, 15) is 14.0 Å². The second-order valence-electron chi connectivity index (χ2n) is 5.60. The van der Waals surface area contributed by atoms with Gasteiger partial charge in [0.05, 0.1) is 11.4 Å². The Hall–Kier alpha value is -2.71. The number of hydrogen-bond acceptors (Lipinski definition) is 5. The largest absolute Gasteiger partial charge is 0.326 e. The Labute approximate surface area is 164 Å². The molecule has 2 aromatic carbocycles. The van der Waals surface area contributed by atoms with Crippen LogP contribution in [-0.2, 0) is 9.59 Å². The molecule has 0 fully saturated rings. The molecule has 0 spiro atoms. The second-order valence-corrected chi connectivity index (χ2v) is 7.68. The van der Waals surface area contributed by atoms with Gasteiger partial charge in [-0.1, -0.05) is 11.8 Å². The van der Waals surface area contributed by atoms with Gasteiger partial charge in [-0.15, -0.1) is 11.3 Å². The number of benzene rings is 2. The fraction of sp³-hybridized carbons (Fsp3) is 0.105. The van der Waals surface area contributed by atoms with Crippen molar-refractivity contribution in [2.75, 3.05) is 16.4 Å². The molecule has 138 valence electrons. The Morgan fingerprint density at radius 3 is 2.30 bits per heavy atom. The summed E-state index contributed by atoms with van der Waals surface area (Å²) in [4.78, 5) is 27.6. The van der Waals surface area contributed by atoms with E-state index in [0.29, 0.717) is 11.4 Å². The highest BCUT2D eigenvalue weighted by atomic mass is 32.2. The Morgan fingerprint density at radius 2 is 1.67 bits per heavy atom. The topological polar surface area (TPSA) is 71.1 Å². The molecular formula is C19H16FN3O2S2. The zero-order valence-corrected chi connectivity index (χ0v) is 16.0. The molecule has 0 saturated heterocycles. The summed E-state index contributed by atoms with van der Waals surface area (Å²) >= 11 is 2.78. The van der Waals surface area contributed by atoms with Gasteiger partial charge in [0.1, 0.15) is 5.82 Å². The van der Waals surface area contributed by atoms with Gasteiger partial charge in [0.25, 0.3) is 0 Å². The van der Waals surface area contributed by atoms with E-state index in [2.05, 4.69) is 15.6 Å². The van der Waals surface area contributed by atoms with Gasteiger partial charge in [0.2, 0.25) is 11.8 Å². The van der Waals surface area contributed by atoms with Gasteiger partial charge in [-0.25, -0.2) is 9.37 Å². The smallest absolute Gasteiger partial charge is 0.234 e. The average molecular weight is 401 g/mol. The first-order valence-electron chi connectivity index (χ1n) is 8.01. The maximum absolute atomic E-state index is 13.0. The molecule has 0 unspecified atom stereocenters. The summed E-state index contributed by atoms with van der Waals surface area (Å²) in [6, 6.07) is 13.0. The van der Waals surface area contributed by atoms with E-state index >= 15 is 0 Å². The van der Waals surface area contributed by atoms with E-state index in [4.69, 9.17) is 0 Å². The highest BCUT2D eigenvalue weighted by Crippen LogP contribution is 2.28. The van der Waals surface area contributed by atoms with Gasteiger partial charge in [-0.05, 0) is 48.5 Å². The van der Waals surface area contributed by atoms with Crippen LogP contribution in [0, 0.1) is 5.82 Å². The fourth-order valence-corrected chi connectivity index (χ4v) is 3.88. The van der Waals surface area contributed by atoms with Gasteiger partial charge < -0.3 is 10.6 Å². The number of halogens is 1. The lowest BCUT2D eigenvalue weighted by Crippen LogP contribution is -2.14. The summed E-state index contributed by atoms with van der Waals surface area (Å²) in [6.07, 6.45) is 0. The number of nitrogens with zero attached hydrogens (tertiary/aromatic N) is 1. The maximum atomic E-state index is 13.0. The SMILES string of the molecule is CC(=O)Nc1ccc(NC(=O)CSc2nc(-c3ccc(F)cc3)cs2)cc1. The molecule has 3 rings (SSSR count). The van der Waals surface area contributed by atoms with Crippen LogP contribution >= 0.6 is 23.1 Å². The molecule has 1 heterocycles. The van der Waals surface area contributed by atoms with Gasteiger partial charge >= 0.3 is 0 Å². The molecule has 5 nitrogen and oxygen atoms in total. The standard InChI is InChI=1S/C19H16FN3O2S2/c1-12(24)21-15-6-8-16(9-7-15)22-18(25)11-27-19-23-17(10-26-19)13-2-4-14(20)5-3-13/h2-10H,11H2,1H3,(H,21,24)(H,22,25). The maximum Gasteiger partial charge on any atom is 0.234 e. The Kier molecular flexibility index (Phi) is 6.20. The van der Waals surface area contributed by atoms with Crippen molar-refractivity contribution in [3.05, 3.63) is 59.7 Å². The monoisotopic (exact) mass is 401 g/mol. The van der Waals surface area contributed by atoms with Crippen LogP contribution in [0.1, 0.15) is 6.92 Å². The van der Waals surface area contributed by atoms with Crippen LogP contribution in [-0.4, -0.2) is 22.6 Å². The van der Waals surface area contributed by atoms with Crippen molar-refractivity contribution in [3.8, 4) is 11.3 Å². The fourth-order valence-electron chi connectivity index (χ4n) is 2.24. The highest BCUT2D eigenvalue weighted by Gasteiger charge is 2.09. The van der Waals surface area contributed by atoms with Crippen molar-refractivity contribution in [2.24, 2.45) is 0 Å². The lowest BCUT2D eigenvalue weighted by molar-refractivity contribution is -0.114. The average Bonchev–Trinajstić information content (AvgIpc) is 3.11. The summed E-state index contributed by atoms with van der Waals surface area (Å²) in [7, 11) is 0. The van der Waals surface area contributed by atoms with E-state index in [1.807, 2.05) is 5.38 Å². The first-order valence-corrected chi connectivity index (χ1v) is 9.88. The number of carbonyl (C=O) groups excluding carboxylic acids is 2. The molecule has 0 bridgehead atoms. The van der Waals surface area contributed by atoms with Crippen molar-refractivity contribution in [3.63, 3.8) is 0 Å². The zero-order chi connectivity index (χ0) is 19.2. The lowest BCUT2D eigenvalue weighted by atomic mass is 10.2. The summed E-state index contributed by atoms with van der Waals surface area (Å²) in [5.41, 5.74) is 2.92. The first-order chi connectivity index (χ1) is 13.0. The van der Waals surface area contributed by atoms with Gasteiger partial charge in [0.15, 0.2) is 4.34 Å². The molecule has 3 aromatic rings. The van der Waals surface area contributed by atoms with E-state index in [1.165, 1.54) is 42.2 Å². The van der Waals surface area contributed by atoms with Crippen molar-refractivity contribution >= 4 is 46.3 Å². The predicted octanol–water partition coefficient (Wildman–Crippen LogP) is 4.64. The third kappa shape index (κ3) is 5.63. The number of thioether (sulfide) groups is 1. The molecular weight excluding hydrogens is 385 g/mol. The molecule has 0 radical (unpaired) electrons. The summed E-state index contributed by atoms with van der Waals surface area (Å²) in [5.74, 6) is -0.355. The molecule has 27 heavy (non-hydrogen) atoms. The van der Waals surface area contributed by atoms with E-state index in [1.54, 1.807) is 36.4 Å². The Morgan fingerprint density at radius 1 is 1.04 bits per heavy atom. The van der Waals surface area contributed by atoms with Crippen molar-refractivity contribution in [2.45, 2.75) is 11.3 Å². The molecule has 0 saturated carbocycles. The van der Waals surface area contributed by atoms with Gasteiger partial charge in [-0.3, -0.25) is 9.59 Å². The predicted molar refractivity (Wildman–Crippen MR) is 108 cm³/mol. The number of rotatable bonds is 6. The normalized spacial score (nSPS) is 10.4. The second kappa shape index (κ2) is 8.79. The number of anilines is 2. The molecule has 0 atom stereocenters. The summed E-state index contributed by atoms with van der Waals surface area (Å²) in [5, 5.41) is 7.35. The minimum absolute atomic E-state index is 0.147. The number of aromatic nitrogens is 1. The molecule has 2 amide bonds. The van der Waals surface area contributed by atoms with Crippen LogP contribution in [0.3, 0.4) is 0 Å². The lowest BCUT2D eigenvalue weighted by Gasteiger charge is -2.06. The minimum Gasteiger partial charge on any atom is -0.326 e. The molecule has 2 N–H and O–H groups in total. The molecule has 0 aliphatic carbocycles. The van der Waals surface area contributed by atoms with Crippen molar-refractivity contribution < 1.29 is 14.0 Å². The van der Waals surface area contributed by atoms with Crippen LogP contribution in [0.5, 0.6) is 0 Å². The third-order valence-electron chi connectivity index (χ3n) is 3.44. The first kappa shape index (κ1) is 19.1. The van der Waals surface area contributed by atoms with Crippen LogP contribution in [0.4, 0.5) is 15.8 Å². The van der Waals surface area contributed by atoms with E-state index in [0.717, 1.165) is 15.6 Å². The van der Waals surface area contributed by atoms with Crippen LogP contribution in [0.2, 0.25) is 0 Å². The number of amides is 2. The Balaban J connectivity index is 1.52. The van der Waals surface area contributed by atoms with Crippen molar-refractivity contribution in [1.82, 2.24) is 4.98 Å².